The van der Waals surface area contributed by atoms with Gasteiger partial charge in [-0.2, -0.15) is 0 Å². The fraction of sp³-hybridized carbons (Fsp3) is 0.200. The normalized spacial score (nSPS) is 10.8. The van der Waals surface area contributed by atoms with Crippen LogP contribution < -0.4 is 5.32 Å². The van der Waals surface area contributed by atoms with Gasteiger partial charge in [0.2, 0.25) is 5.91 Å². The quantitative estimate of drug-likeness (QED) is 0.409. The van der Waals surface area contributed by atoms with Crippen LogP contribution in [0.1, 0.15) is 16.7 Å². The van der Waals surface area contributed by atoms with Gasteiger partial charge in [0, 0.05) is 24.5 Å². The SMILES string of the molecule is Cc1cccc(-n2c(SCC(=O)NCCc3ccccc3)nnc2-c2ccncc2)c1C. The van der Waals surface area contributed by atoms with Crippen molar-refractivity contribution in [2.24, 2.45) is 0 Å². The van der Waals surface area contributed by atoms with Gasteiger partial charge in [-0.25, -0.2) is 0 Å². The first-order valence-electron chi connectivity index (χ1n) is 10.5. The number of nitrogens with one attached hydrogen (secondary N) is 1. The van der Waals surface area contributed by atoms with Crippen molar-refractivity contribution in [3.63, 3.8) is 0 Å². The number of aromatic nitrogens is 4. The highest BCUT2D eigenvalue weighted by Crippen LogP contribution is 2.30. The van der Waals surface area contributed by atoms with Crippen molar-refractivity contribution < 1.29 is 4.79 Å². The number of nitrogens with zero attached hydrogens (tertiary/aromatic N) is 4. The lowest BCUT2D eigenvalue weighted by Gasteiger charge is -2.14. The fourth-order valence-corrected chi connectivity index (χ4v) is 4.19. The number of pyridine rings is 1. The molecule has 1 amide bonds. The van der Waals surface area contributed by atoms with Gasteiger partial charge >= 0.3 is 0 Å². The minimum absolute atomic E-state index is 0.0214. The molecule has 0 aliphatic rings. The van der Waals surface area contributed by atoms with Crippen LogP contribution in [0.2, 0.25) is 0 Å². The van der Waals surface area contributed by atoms with E-state index in [0.29, 0.717) is 11.7 Å². The molecule has 0 radical (unpaired) electrons. The summed E-state index contributed by atoms with van der Waals surface area (Å²) in [5, 5.41) is 12.5. The van der Waals surface area contributed by atoms with E-state index >= 15 is 0 Å². The van der Waals surface area contributed by atoms with E-state index in [1.165, 1.54) is 22.9 Å². The second-order valence-electron chi connectivity index (χ2n) is 7.47. The van der Waals surface area contributed by atoms with E-state index in [1.54, 1.807) is 12.4 Å². The molecule has 0 aliphatic carbocycles. The molecule has 1 N–H and O–H groups in total. The first kappa shape index (κ1) is 21.8. The maximum atomic E-state index is 12.5. The van der Waals surface area contributed by atoms with Gasteiger partial charge in [-0.05, 0) is 55.2 Å². The second-order valence-corrected chi connectivity index (χ2v) is 8.41. The van der Waals surface area contributed by atoms with Crippen molar-refractivity contribution in [2.75, 3.05) is 12.3 Å². The molecule has 0 saturated carbocycles. The smallest absolute Gasteiger partial charge is 0.230 e. The number of rotatable bonds is 8. The Hall–Kier alpha value is -3.45. The zero-order valence-corrected chi connectivity index (χ0v) is 19.0. The molecule has 162 valence electrons. The number of thioether (sulfide) groups is 1. The van der Waals surface area contributed by atoms with Gasteiger partial charge in [0.15, 0.2) is 11.0 Å². The van der Waals surface area contributed by atoms with Crippen LogP contribution in [-0.2, 0) is 11.2 Å². The summed E-state index contributed by atoms with van der Waals surface area (Å²) >= 11 is 1.39. The average Bonchev–Trinajstić information content (AvgIpc) is 3.24. The van der Waals surface area contributed by atoms with Crippen molar-refractivity contribution in [1.29, 1.82) is 0 Å². The highest BCUT2D eigenvalue weighted by atomic mass is 32.2. The van der Waals surface area contributed by atoms with E-state index in [4.69, 9.17) is 0 Å². The highest BCUT2D eigenvalue weighted by Gasteiger charge is 2.19. The predicted octanol–water partition coefficient (Wildman–Crippen LogP) is 4.40. The largest absolute Gasteiger partial charge is 0.355 e. The van der Waals surface area contributed by atoms with Crippen LogP contribution in [0.4, 0.5) is 0 Å². The number of benzene rings is 2. The number of hydrogen-bond donors (Lipinski definition) is 1. The van der Waals surface area contributed by atoms with Crippen LogP contribution in [0.5, 0.6) is 0 Å². The van der Waals surface area contributed by atoms with E-state index < -0.39 is 0 Å². The summed E-state index contributed by atoms with van der Waals surface area (Å²) in [6.07, 6.45) is 4.29. The summed E-state index contributed by atoms with van der Waals surface area (Å²) in [6.45, 7) is 4.78. The van der Waals surface area contributed by atoms with E-state index in [-0.39, 0.29) is 11.7 Å². The Kier molecular flexibility index (Phi) is 6.97. The Balaban J connectivity index is 1.52. The molecule has 0 bridgehead atoms. The lowest BCUT2D eigenvalue weighted by atomic mass is 10.1. The van der Waals surface area contributed by atoms with Crippen LogP contribution in [0.25, 0.3) is 17.1 Å². The van der Waals surface area contributed by atoms with Crippen LogP contribution >= 0.6 is 11.8 Å². The van der Waals surface area contributed by atoms with Gasteiger partial charge in [0.05, 0.1) is 11.4 Å². The van der Waals surface area contributed by atoms with Crippen molar-refractivity contribution in [2.45, 2.75) is 25.4 Å². The predicted molar refractivity (Wildman–Crippen MR) is 128 cm³/mol. The third-order valence-corrected chi connectivity index (χ3v) is 6.23. The minimum Gasteiger partial charge on any atom is -0.355 e. The summed E-state index contributed by atoms with van der Waals surface area (Å²) in [6, 6.07) is 20.1. The van der Waals surface area contributed by atoms with Gasteiger partial charge in [0.1, 0.15) is 0 Å². The molecular weight excluding hydrogens is 418 g/mol. The van der Waals surface area contributed by atoms with Crippen molar-refractivity contribution in [3.05, 3.63) is 89.7 Å². The van der Waals surface area contributed by atoms with Crippen molar-refractivity contribution in [3.8, 4) is 17.1 Å². The summed E-state index contributed by atoms with van der Waals surface area (Å²) in [5.74, 6) is 0.980. The first-order chi connectivity index (χ1) is 15.6. The third kappa shape index (κ3) is 5.06. The molecule has 0 fully saturated rings. The zero-order chi connectivity index (χ0) is 22.3. The number of aryl methyl sites for hydroxylation is 1. The lowest BCUT2D eigenvalue weighted by Crippen LogP contribution is -2.27. The Labute approximate surface area is 192 Å². The van der Waals surface area contributed by atoms with Crippen LogP contribution in [0.3, 0.4) is 0 Å². The Morgan fingerprint density at radius 2 is 1.75 bits per heavy atom. The topological polar surface area (TPSA) is 72.7 Å². The van der Waals surface area contributed by atoms with E-state index in [0.717, 1.165) is 29.1 Å². The molecular formula is C25H25N5OS. The maximum absolute atomic E-state index is 12.5. The molecule has 32 heavy (non-hydrogen) atoms. The molecule has 0 saturated heterocycles. The molecule has 0 atom stereocenters. The molecule has 0 aliphatic heterocycles. The molecule has 2 heterocycles. The molecule has 2 aromatic carbocycles. The number of carbonyl (C=O) groups is 1. The second kappa shape index (κ2) is 10.2. The Bertz CT molecular complexity index is 1190. The summed E-state index contributed by atoms with van der Waals surface area (Å²) < 4.78 is 2.03. The Morgan fingerprint density at radius 1 is 0.969 bits per heavy atom. The monoisotopic (exact) mass is 443 g/mol. The Morgan fingerprint density at radius 3 is 2.53 bits per heavy atom. The zero-order valence-electron chi connectivity index (χ0n) is 18.2. The number of amides is 1. The fourth-order valence-electron chi connectivity index (χ4n) is 3.42. The van der Waals surface area contributed by atoms with Crippen LogP contribution in [0, 0.1) is 13.8 Å². The molecule has 0 unspecified atom stereocenters. The number of carbonyl (C=O) groups excluding carboxylic acids is 1. The summed E-state index contributed by atoms with van der Waals surface area (Å²) in [7, 11) is 0. The van der Waals surface area contributed by atoms with E-state index in [9.17, 15) is 4.79 Å². The molecule has 0 spiro atoms. The van der Waals surface area contributed by atoms with Gasteiger partial charge < -0.3 is 5.32 Å². The molecule has 7 heteroatoms. The number of hydrogen-bond acceptors (Lipinski definition) is 5. The van der Waals surface area contributed by atoms with Gasteiger partial charge in [-0.1, -0.05) is 54.2 Å². The van der Waals surface area contributed by atoms with Crippen LogP contribution in [0.15, 0.2) is 78.2 Å². The van der Waals surface area contributed by atoms with E-state index in [2.05, 4.69) is 58.6 Å². The standard InChI is InChI=1S/C25H25N5OS/c1-18-7-6-10-22(19(18)2)30-24(21-12-14-26-15-13-21)28-29-25(30)32-17-23(31)27-16-11-20-8-4-3-5-9-20/h3-10,12-15H,11,16-17H2,1-2H3,(H,27,31). The summed E-state index contributed by atoms with van der Waals surface area (Å²) in [5.41, 5.74) is 5.47. The molecule has 4 aromatic rings. The van der Waals surface area contributed by atoms with E-state index in [1.807, 2.05) is 41.0 Å². The highest BCUT2D eigenvalue weighted by molar-refractivity contribution is 7.99. The van der Waals surface area contributed by atoms with Crippen molar-refractivity contribution in [1.82, 2.24) is 25.1 Å². The van der Waals surface area contributed by atoms with Gasteiger partial charge in [-0.15, -0.1) is 10.2 Å². The van der Waals surface area contributed by atoms with Crippen LogP contribution in [-0.4, -0.2) is 38.0 Å². The third-order valence-electron chi connectivity index (χ3n) is 5.30. The van der Waals surface area contributed by atoms with Gasteiger partial charge in [-0.3, -0.25) is 14.3 Å². The first-order valence-corrected chi connectivity index (χ1v) is 11.5. The van der Waals surface area contributed by atoms with Gasteiger partial charge in [0.25, 0.3) is 0 Å². The summed E-state index contributed by atoms with van der Waals surface area (Å²) in [4.78, 5) is 16.6. The molecule has 4 rings (SSSR count). The minimum atomic E-state index is -0.0214. The lowest BCUT2D eigenvalue weighted by molar-refractivity contribution is -0.118. The average molecular weight is 444 g/mol. The molecule has 2 aromatic heterocycles. The molecule has 6 nitrogen and oxygen atoms in total. The van der Waals surface area contributed by atoms with Crippen molar-refractivity contribution >= 4 is 17.7 Å². The maximum Gasteiger partial charge on any atom is 0.230 e.